The highest BCUT2D eigenvalue weighted by molar-refractivity contribution is 9.10. The lowest BCUT2D eigenvalue weighted by molar-refractivity contribution is 0.425. The molecule has 0 spiro atoms. The summed E-state index contributed by atoms with van der Waals surface area (Å²) in [4.78, 5) is 1.27. The van der Waals surface area contributed by atoms with E-state index in [9.17, 15) is 0 Å². The van der Waals surface area contributed by atoms with Crippen LogP contribution in [0.5, 0.6) is 5.06 Å². The minimum Gasteiger partial charge on any atom is -0.486 e. The second kappa shape index (κ2) is 3.51. The quantitative estimate of drug-likeness (QED) is 0.819. The number of halogens is 1. The molecule has 11 heavy (non-hydrogen) atoms. The van der Waals surface area contributed by atoms with E-state index in [0.717, 1.165) is 14.4 Å². The molecule has 1 aromatic heterocycles. The zero-order valence-electron chi connectivity index (χ0n) is 5.76. The Morgan fingerprint density at radius 1 is 1.82 bits per heavy atom. The molecule has 0 fully saturated rings. The number of hydrogen-bond acceptors (Lipinski definition) is 3. The third-order valence-electron chi connectivity index (χ3n) is 1.08. The summed E-state index contributed by atoms with van der Waals surface area (Å²) in [6.45, 7) is 0. The van der Waals surface area contributed by atoms with Crippen LogP contribution in [-0.4, -0.2) is 12.1 Å². The van der Waals surface area contributed by atoms with Crippen LogP contribution in [-0.2, 0) is 0 Å². The maximum atomic E-state index is 5.42. The lowest BCUT2D eigenvalue weighted by atomic mass is 10.5. The van der Waals surface area contributed by atoms with Crippen LogP contribution in [0.4, 0.5) is 0 Å². The van der Waals surface area contributed by atoms with Crippen molar-refractivity contribution in [1.82, 2.24) is 0 Å². The normalized spacial score (nSPS) is 9.64. The van der Waals surface area contributed by atoms with Gasteiger partial charge in [0.15, 0.2) is 5.06 Å². The second-order valence-electron chi connectivity index (χ2n) is 1.81. The molecule has 0 atom stereocenters. The van der Waals surface area contributed by atoms with Crippen molar-refractivity contribution in [2.45, 2.75) is 0 Å². The molecule has 0 aromatic carbocycles. The van der Waals surface area contributed by atoms with Crippen LogP contribution < -0.4 is 10.5 Å². The van der Waals surface area contributed by atoms with Gasteiger partial charge in [0.25, 0.3) is 0 Å². The van der Waals surface area contributed by atoms with Crippen LogP contribution >= 0.6 is 39.5 Å². The van der Waals surface area contributed by atoms with Crippen LogP contribution in [0, 0.1) is 0 Å². The van der Waals surface area contributed by atoms with Gasteiger partial charge in [-0.25, -0.2) is 0 Å². The van der Waals surface area contributed by atoms with Crippen molar-refractivity contribution in [3.05, 3.63) is 15.4 Å². The first kappa shape index (κ1) is 8.96. The van der Waals surface area contributed by atoms with Crippen molar-refractivity contribution >= 4 is 44.5 Å². The van der Waals surface area contributed by atoms with Gasteiger partial charge in [-0.15, -0.1) is 0 Å². The second-order valence-corrected chi connectivity index (χ2v) is 4.12. The van der Waals surface area contributed by atoms with Gasteiger partial charge < -0.3 is 10.5 Å². The van der Waals surface area contributed by atoms with E-state index in [4.69, 9.17) is 22.7 Å². The predicted octanol–water partition coefficient (Wildman–Crippen LogP) is 2.15. The van der Waals surface area contributed by atoms with Gasteiger partial charge in [-0.05, 0) is 22.0 Å². The summed E-state index contributed by atoms with van der Waals surface area (Å²) >= 11 is 9.54. The Morgan fingerprint density at radius 3 is 2.73 bits per heavy atom. The number of hydrogen-bond donors (Lipinski definition) is 1. The first-order chi connectivity index (χ1) is 5.15. The van der Waals surface area contributed by atoms with E-state index >= 15 is 0 Å². The first-order valence-corrected chi connectivity index (χ1v) is 4.80. The molecule has 2 N–H and O–H groups in total. The van der Waals surface area contributed by atoms with Crippen molar-refractivity contribution in [3.63, 3.8) is 0 Å². The molecule has 0 bridgehead atoms. The highest BCUT2D eigenvalue weighted by Crippen LogP contribution is 2.34. The molecule has 60 valence electrons. The van der Waals surface area contributed by atoms with Gasteiger partial charge in [-0.1, -0.05) is 23.6 Å². The number of rotatable bonds is 2. The molecular formula is C6H6BrNOS2. The molecule has 1 aromatic rings. The Morgan fingerprint density at radius 2 is 2.45 bits per heavy atom. The Hall–Kier alpha value is -0.130. The summed E-state index contributed by atoms with van der Waals surface area (Å²) < 4.78 is 5.93. The maximum Gasteiger partial charge on any atom is 0.188 e. The molecule has 0 amide bonds. The van der Waals surface area contributed by atoms with E-state index in [1.54, 1.807) is 7.11 Å². The smallest absolute Gasteiger partial charge is 0.188 e. The van der Waals surface area contributed by atoms with Crippen molar-refractivity contribution in [2.75, 3.05) is 7.11 Å². The van der Waals surface area contributed by atoms with E-state index < -0.39 is 0 Å². The Balaban J connectivity index is 3.05. The minimum absolute atomic E-state index is 0.402. The van der Waals surface area contributed by atoms with E-state index in [-0.39, 0.29) is 0 Å². The highest BCUT2D eigenvalue weighted by atomic mass is 79.9. The van der Waals surface area contributed by atoms with E-state index in [2.05, 4.69) is 15.9 Å². The van der Waals surface area contributed by atoms with Crippen molar-refractivity contribution in [3.8, 4) is 5.06 Å². The predicted molar refractivity (Wildman–Crippen MR) is 54.5 cm³/mol. The van der Waals surface area contributed by atoms with Gasteiger partial charge in [-0.3, -0.25) is 0 Å². The van der Waals surface area contributed by atoms with Gasteiger partial charge in [0, 0.05) is 0 Å². The zero-order chi connectivity index (χ0) is 8.43. The highest BCUT2D eigenvalue weighted by Gasteiger charge is 2.07. The van der Waals surface area contributed by atoms with Crippen molar-refractivity contribution in [1.29, 1.82) is 0 Å². The third kappa shape index (κ3) is 1.91. The SMILES string of the molecule is COc1sc(C(N)=S)cc1Br. The number of ether oxygens (including phenoxy) is 1. The molecule has 1 heterocycles. The fourth-order valence-electron chi connectivity index (χ4n) is 0.613. The van der Waals surface area contributed by atoms with Crippen LogP contribution in [0.3, 0.4) is 0 Å². The zero-order valence-corrected chi connectivity index (χ0v) is 8.98. The Bertz CT molecular complexity index is 284. The van der Waals surface area contributed by atoms with Gasteiger partial charge in [-0.2, -0.15) is 0 Å². The average molecular weight is 252 g/mol. The molecular weight excluding hydrogens is 246 g/mol. The van der Waals surface area contributed by atoms with E-state index in [0.29, 0.717) is 4.99 Å². The Kier molecular flexibility index (Phi) is 2.86. The van der Waals surface area contributed by atoms with Crippen molar-refractivity contribution in [2.24, 2.45) is 5.73 Å². The monoisotopic (exact) mass is 251 g/mol. The number of thiophene rings is 1. The lowest BCUT2D eigenvalue weighted by Crippen LogP contribution is -2.06. The van der Waals surface area contributed by atoms with Gasteiger partial charge in [0.1, 0.15) is 4.99 Å². The van der Waals surface area contributed by atoms with Gasteiger partial charge >= 0.3 is 0 Å². The van der Waals surface area contributed by atoms with Crippen LogP contribution in [0.2, 0.25) is 0 Å². The molecule has 1 rings (SSSR count). The van der Waals surface area contributed by atoms with E-state index in [1.807, 2.05) is 6.07 Å². The van der Waals surface area contributed by atoms with Gasteiger partial charge in [0.2, 0.25) is 0 Å². The molecule has 5 heteroatoms. The maximum absolute atomic E-state index is 5.42. The van der Waals surface area contributed by atoms with Crippen LogP contribution in [0.1, 0.15) is 4.88 Å². The molecule has 0 aliphatic carbocycles. The first-order valence-electron chi connectivity index (χ1n) is 2.78. The molecule has 0 aliphatic heterocycles. The van der Waals surface area contributed by atoms with Gasteiger partial charge in [0.05, 0.1) is 16.5 Å². The molecule has 0 aliphatic rings. The van der Waals surface area contributed by atoms with Crippen molar-refractivity contribution < 1.29 is 4.74 Å². The fourth-order valence-corrected chi connectivity index (χ4v) is 2.30. The molecule has 0 saturated heterocycles. The minimum atomic E-state index is 0.402. The molecule has 0 unspecified atom stereocenters. The summed E-state index contributed by atoms with van der Waals surface area (Å²) in [6.07, 6.45) is 0. The summed E-state index contributed by atoms with van der Waals surface area (Å²) in [5.74, 6) is 0. The summed E-state index contributed by atoms with van der Waals surface area (Å²) in [6, 6.07) is 1.85. The van der Waals surface area contributed by atoms with Crippen LogP contribution in [0.15, 0.2) is 10.5 Å². The average Bonchev–Trinajstić information content (AvgIpc) is 2.31. The molecule has 0 saturated carbocycles. The third-order valence-corrected chi connectivity index (χ3v) is 3.41. The topological polar surface area (TPSA) is 35.2 Å². The largest absolute Gasteiger partial charge is 0.486 e. The fraction of sp³-hybridized carbons (Fsp3) is 0.167. The standard InChI is InChI=1S/C6H6BrNOS2/c1-9-6-3(7)2-4(11-6)5(8)10/h2H,1H3,(H2,8,10). The lowest BCUT2D eigenvalue weighted by Gasteiger charge is -1.91. The number of methoxy groups -OCH3 is 1. The molecule has 0 radical (unpaired) electrons. The number of thiocarbonyl (C=S) groups is 1. The molecule has 2 nitrogen and oxygen atoms in total. The van der Waals surface area contributed by atoms with Crippen LogP contribution in [0.25, 0.3) is 0 Å². The Labute approximate surface area is 82.5 Å². The summed E-state index contributed by atoms with van der Waals surface area (Å²) in [5, 5.41) is 0.799. The summed E-state index contributed by atoms with van der Waals surface area (Å²) in [7, 11) is 1.61. The van der Waals surface area contributed by atoms with E-state index in [1.165, 1.54) is 11.3 Å². The number of nitrogens with two attached hydrogens (primary N) is 1. The summed E-state index contributed by atoms with van der Waals surface area (Å²) in [5.41, 5.74) is 5.42.